The molecule has 1 saturated heterocycles. The Hall–Kier alpha value is -3.81. The summed E-state index contributed by atoms with van der Waals surface area (Å²) < 4.78 is 18.1. The van der Waals surface area contributed by atoms with E-state index in [0.29, 0.717) is 25.3 Å². The van der Waals surface area contributed by atoms with E-state index in [1.807, 2.05) is 42.6 Å². The summed E-state index contributed by atoms with van der Waals surface area (Å²) >= 11 is 0. The number of aromatic nitrogens is 1. The zero-order valence-electron chi connectivity index (χ0n) is 21.7. The number of methoxy groups -OCH3 is 1. The minimum absolute atomic E-state index is 0.0269. The highest BCUT2D eigenvalue weighted by Crippen LogP contribution is 2.41. The molecule has 3 heterocycles. The van der Waals surface area contributed by atoms with Gasteiger partial charge in [-0.05, 0) is 84.1 Å². The molecule has 3 aromatic carbocycles. The molecular formula is C31H32N2O5. The van der Waals surface area contributed by atoms with Gasteiger partial charge in [-0.1, -0.05) is 12.1 Å². The Balaban J connectivity index is 1.49. The lowest BCUT2D eigenvalue weighted by atomic mass is 9.88. The summed E-state index contributed by atoms with van der Waals surface area (Å²) in [7, 11) is 1.73. The minimum atomic E-state index is -0.933. The van der Waals surface area contributed by atoms with Crippen LogP contribution in [0.3, 0.4) is 0 Å². The molecule has 6 rings (SSSR count). The van der Waals surface area contributed by atoms with E-state index in [0.717, 1.165) is 69.3 Å². The van der Waals surface area contributed by atoms with Gasteiger partial charge in [-0.15, -0.1) is 0 Å². The number of fused-ring (bicyclic) bond motifs is 5. The van der Waals surface area contributed by atoms with E-state index in [4.69, 9.17) is 14.2 Å². The van der Waals surface area contributed by atoms with Gasteiger partial charge in [-0.3, -0.25) is 4.90 Å². The molecule has 2 aliphatic rings. The van der Waals surface area contributed by atoms with Crippen LogP contribution in [-0.2, 0) is 11.3 Å². The van der Waals surface area contributed by atoms with E-state index >= 15 is 0 Å². The van der Waals surface area contributed by atoms with Crippen molar-refractivity contribution in [3.63, 3.8) is 0 Å². The summed E-state index contributed by atoms with van der Waals surface area (Å²) in [6.07, 6.45) is 7.79. The number of aryl methyl sites for hydroxylation is 1. The number of nitrogens with one attached hydrogen (secondary N) is 1. The fourth-order valence-electron chi connectivity index (χ4n) is 6.02. The molecule has 4 aromatic rings. The molecule has 2 atom stereocenters. The normalized spacial score (nSPS) is 20.9. The van der Waals surface area contributed by atoms with Crippen molar-refractivity contribution in [1.82, 2.24) is 9.88 Å². The highest BCUT2D eigenvalue weighted by Gasteiger charge is 2.33. The lowest BCUT2D eigenvalue weighted by molar-refractivity contribution is -0.00746. The number of piperidine rings is 1. The third kappa shape index (κ3) is 4.42. The average molecular weight is 513 g/mol. The Kier molecular flexibility index (Phi) is 6.55. The quantitative estimate of drug-likeness (QED) is 0.326. The summed E-state index contributed by atoms with van der Waals surface area (Å²) in [5, 5.41) is 12.7. The van der Waals surface area contributed by atoms with Crippen LogP contribution in [0.1, 0.15) is 45.9 Å². The van der Waals surface area contributed by atoms with E-state index in [1.165, 1.54) is 0 Å². The second-order valence-electron chi connectivity index (χ2n) is 10.1. The van der Waals surface area contributed by atoms with Crippen molar-refractivity contribution in [2.24, 2.45) is 0 Å². The maximum absolute atomic E-state index is 12.1. The van der Waals surface area contributed by atoms with Gasteiger partial charge >= 0.3 is 5.97 Å². The molecule has 0 saturated carbocycles. The maximum atomic E-state index is 12.1. The average Bonchev–Trinajstić information content (AvgIpc) is 3.42. The van der Waals surface area contributed by atoms with E-state index in [2.05, 4.69) is 28.9 Å². The maximum Gasteiger partial charge on any atom is 0.336 e. The number of carboxylic acids is 1. The fourth-order valence-corrected chi connectivity index (χ4v) is 6.02. The largest absolute Gasteiger partial charge is 0.496 e. The van der Waals surface area contributed by atoms with Crippen LogP contribution in [0, 0.1) is 6.92 Å². The van der Waals surface area contributed by atoms with Crippen LogP contribution < -0.4 is 9.47 Å². The molecule has 7 nitrogen and oxygen atoms in total. The predicted molar refractivity (Wildman–Crippen MR) is 147 cm³/mol. The molecule has 0 radical (unpaired) electrons. The van der Waals surface area contributed by atoms with Gasteiger partial charge < -0.3 is 24.3 Å². The summed E-state index contributed by atoms with van der Waals surface area (Å²) in [4.78, 5) is 17.9. The molecule has 1 aromatic heterocycles. The topological polar surface area (TPSA) is 84.0 Å². The van der Waals surface area contributed by atoms with Crippen LogP contribution in [-0.4, -0.2) is 53.9 Å². The molecular weight excluding hydrogens is 480 g/mol. The fraction of sp³-hybridized carbons (Fsp3) is 0.323. The van der Waals surface area contributed by atoms with Gasteiger partial charge in [0.2, 0.25) is 0 Å². The number of ether oxygens (including phenoxy) is 3. The minimum Gasteiger partial charge on any atom is -0.496 e. The molecule has 0 aliphatic carbocycles. The van der Waals surface area contributed by atoms with Crippen molar-refractivity contribution in [1.29, 1.82) is 0 Å². The number of H-pyrrole nitrogens is 1. The Morgan fingerprint density at radius 2 is 1.97 bits per heavy atom. The van der Waals surface area contributed by atoms with Crippen LogP contribution in [0.25, 0.3) is 21.7 Å². The van der Waals surface area contributed by atoms with E-state index in [-0.39, 0.29) is 12.1 Å². The smallest absolute Gasteiger partial charge is 0.336 e. The van der Waals surface area contributed by atoms with E-state index in [9.17, 15) is 9.90 Å². The Bertz CT molecular complexity index is 1540. The number of hydrogen-bond acceptors (Lipinski definition) is 5. The van der Waals surface area contributed by atoms with Crippen molar-refractivity contribution in [2.45, 2.75) is 38.5 Å². The summed E-state index contributed by atoms with van der Waals surface area (Å²) in [5.41, 5.74) is 4.81. The lowest BCUT2D eigenvalue weighted by Crippen LogP contribution is -2.39. The van der Waals surface area contributed by atoms with Gasteiger partial charge in [-0.25, -0.2) is 4.79 Å². The zero-order chi connectivity index (χ0) is 26.2. The first-order chi connectivity index (χ1) is 18.5. The second kappa shape index (κ2) is 10.2. The van der Waals surface area contributed by atoms with Crippen molar-refractivity contribution in [3.8, 4) is 11.5 Å². The van der Waals surface area contributed by atoms with E-state index < -0.39 is 5.97 Å². The number of likely N-dealkylation sites (tertiary alicyclic amines) is 1. The Morgan fingerprint density at radius 3 is 2.82 bits per heavy atom. The Morgan fingerprint density at radius 1 is 1.11 bits per heavy atom. The van der Waals surface area contributed by atoms with Crippen LogP contribution in [0.5, 0.6) is 11.5 Å². The molecule has 196 valence electrons. The number of carbonyl (C=O) groups is 1. The second-order valence-corrected chi connectivity index (χ2v) is 10.1. The molecule has 1 fully saturated rings. The van der Waals surface area contributed by atoms with Gasteiger partial charge in [-0.2, -0.15) is 0 Å². The summed E-state index contributed by atoms with van der Waals surface area (Å²) in [5.74, 6) is 0.667. The summed E-state index contributed by atoms with van der Waals surface area (Å²) in [6.45, 7) is 4.62. The van der Waals surface area contributed by atoms with Gasteiger partial charge in [0, 0.05) is 41.8 Å². The molecule has 4 bridgehead atoms. The number of rotatable bonds is 4. The number of benzene rings is 3. The highest BCUT2D eigenvalue weighted by atomic mass is 16.5. The van der Waals surface area contributed by atoms with Crippen molar-refractivity contribution < 1.29 is 24.1 Å². The molecule has 0 spiro atoms. The molecule has 2 aliphatic heterocycles. The van der Waals surface area contributed by atoms with Gasteiger partial charge in [0.15, 0.2) is 0 Å². The summed E-state index contributed by atoms with van der Waals surface area (Å²) in [6, 6.07) is 13.7. The third-order valence-electron chi connectivity index (χ3n) is 7.91. The first-order valence-corrected chi connectivity index (χ1v) is 13.1. The third-order valence-corrected chi connectivity index (χ3v) is 7.91. The van der Waals surface area contributed by atoms with Crippen molar-refractivity contribution >= 4 is 27.6 Å². The first-order valence-electron chi connectivity index (χ1n) is 13.1. The SMILES string of the molecule is COc1cc(C)c2[nH]ccc2c1CN1CC[C@H]2C[C@H]1c1ccc(C(=O)O)c3ccc(cc13)OC/C=C\CO2. The number of hydrogen-bond donors (Lipinski definition) is 2. The molecule has 7 heteroatoms. The molecule has 2 N–H and O–H groups in total. The lowest BCUT2D eigenvalue weighted by Gasteiger charge is -2.40. The highest BCUT2D eigenvalue weighted by molar-refractivity contribution is 6.05. The Labute approximate surface area is 221 Å². The van der Waals surface area contributed by atoms with Gasteiger partial charge in [0.05, 0.1) is 25.4 Å². The van der Waals surface area contributed by atoms with Crippen LogP contribution in [0.2, 0.25) is 0 Å². The molecule has 0 unspecified atom stereocenters. The number of carboxylic acid groups (broad SMARTS) is 1. The van der Waals surface area contributed by atoms with E-state index in [1.54, 1.807) is 13.2 Å². The van der Waals surface area contributed by atoms with Gasteiger partial charge in [0.25, 0.3) is 0 Å². The predicted octanol–water partition coefficient (Wildman–Crippen LogP) is 6.01. The molecule has 38 heavy (non-hydrogen) atoms. The number of nitrogens with zero attached hydrogens (tertiary/aromatic N) is 1. The number of aromatic carboxylic acids is 1. The molecule has 0 amide bonds. The zero-order valence-corrected chi connectivity index (χ0v) is 21.7. The van der Waals surface area contributed by atoms with Gasteiger partial charge in [0.1, 0.15) is 18.1 Å². The number of aromatic amines is 1. The van der Waals surface area contributed by atoms with Crippen molar-refractivity contribution in [3.05, 3.63) is 83.1 Å². The van der Waals surface area contributed by atoms with Crippen LogP contribution in [0.15, 0.2) is 60.8 Å². The van der Waals surface area contributed by atoms with Crippen LogP contribution in [0.4, 0.5) is 0 Å². The standard InChI is InChI=1S/C31H32N2O5/c1-19-15-29(36-2)27(24-9-11-32-30(19)24)18-33-12-10-21-17-28(33)23-7-8-25(31(34)35)22-6-5-20(16-26(22)23)37-13-3-4-14-38-21/h3-9,11,15-16,21,28,32H,10,12-14,17-18H2,1-2H3,(H,34,35)/b4-3-/t21-,28-/m0/s1. The van der Waals surface area contributed by atoms with Crippen molar-refractivity contribution in [2.75, 3.05) is 26.9 Å². The van der Waals surface area contributed by atoms with Crippen LogP contribution >= 0.6 is 0 Å². The first kappa shape index (κ1) is 24.5. The monoisotopic (exact) mass is 512 g/mol.